The van der Waals surface area contributed by atoms with Gasteiger partial charge >= 0.3 is 6.18 Å². The Morgan fingerprint density at radius 1 is 1.32 bits per heavy atom. The van der Waals surface area contributed by atoms with E-state index in [9.17, 15) is 18.0 Å². The SMILES string of the molecule is Cc1n[nH]c(C)c1CC(=O)N1CCO[C@@H](c2nc(-c3cccc(C(F)(F)F)c3)no2)C1. The average Bonchev–Trinajstić information content (AvgIpc) is 3.36. The molecule has 0 aliphatic carbocycles. The second-order valence-corrected chi connectivity index (χ2v) is 7.32. The Kier molecular flexibility index (Phi) is 5.52. The van der Waals surface area contributed by atoms with Gasteiger partial charge in [-0.15, -0.1) is 0 Å². The normalized spacial score (nSPS) is 17.2. The molecule has 1 fully saturated rings. The number of rotatable bonds is 4. The maximum atomic E-state index is 13.0. The number of morpholine rings is 1. The van der Waals surface area contributed by atoms with Crippen molar-refractivity contribution in [1.82, 2.24) is 25.2 Å². The second kappa shape index (κ2) is 8.14. The lowest BCUT2D eigenvalue weighted by molar-refractivity contribution is -0.139. The summed E-state index contributed by atoms with van der Waals surface area (Å²) in [6.07, 6.45) is -4.92. The van der Waals surface area contributed by atoms with Crippen molar-refractivity contribution in [2.75, 3.05) is 19.7 Å². The van der Waals surface area contributed by atoms with Crippen LogP contribution in [0.1, 0.15) is 34.5 Å². The van der Waals surface area contributed by atoms with E-state index in [1.165, 1.54) is 12.1 Å². The minimum atomic E-state index is -4.47. The molecule has 1 aliphatic heterocycles. The number of benzene rings is 1. The third-order valence-electron chi connectivity index (χ3n) is 5.19. The fourth-order valence-corrected chi connectivity index (χ4v) is 3.44. The third-order valence-corrected chi connectivity index (χ3v) is 5.19. The van der Waals surface area contributed by atoms with E-state index in [-0.39, 0.29) is 42.8 Å². The van der Waals surface area contributed by atoms with Crippen molar-refractivity contribution < 1.29 is 27.2 Å². The van der Waals surface area contributed by atoms with Gasteiger partial charge in [0.15, 0.2) is 6.10 Å². The summed E-state index contributed by atoms with van der Waals surface area (Å²) in [7, 11) is 0. The van der Waals surface area contributed by atoms with Crippen molar-refractivity contribution in [1.29, 1.82) is 0 Å². The molecule has 1 atom stereocenters. The number of H-pyrrole nitrogens is 1. The summed E-state index contributed by atoms with van der Waals surface area (Å²) in [5.74, 6) is 0.0527. The molecule has 4 rings (SSSR count). The first kappa shape index (κ1) is 21.0. The standard InChI is InChI=1S/C20H20F3N5O3/c1-11-15(12(2)26-25-11)9-17(29)28-6-7-30-16(10-28)19-24-18(27-31-19)13-4-3-5-14(8-13)20(21,22)23/h3-5,8,16H,6-7,9-10H2,1-2H3,(H,25,26)/t16-/m1/s1. The van der Waals surface area contributed by atoms with Gasteiger partial charge in [-0.2, -0.15) is 23.3 Å². The lowest BCUT2D eigenvalue weighted by Gasteiger charge is -2.31. The lowest BCUT2D eigenvalue weighted by Crippen LogP contribution is -2.43. The topological polar surface area (TPSA) is 97.1 Å². The summed E-state index contributed by atoms with van der Waals surface area (Å²) >= 11 is 0. The Morgan fingerprint density at radius 3 is 2.84 bits per heavy atom. The van der Waals surface area contributed by atoms with Crippen molar-refractivity contribution >= 4 is 5.91 Å². The molecule has 1 amide bonds. The van der Waals surface area contributed by atoms with Crippen LogP contribution in [0.3, 0.4) is 0 Å². The van der Waals surface area contributed by atoms with Gasteiger partial charge in [-0.05, 0) is 26.0 Å². The zero-order valence-electron chi connectivity index (χ0n) is 16.9. The molecule has 0 spiro atoms. The van der Waals surface area contributed by atoms with E-state index in [0.29, 0.717) is 6.54 Å². The van der Waals surface area contributed by atoms with E-state index >= 15 is 0 Å². The molecule has 11 heteroatoms. The number of hydrogen-bond acceptors (Lipinski definition) is 6. The van der Waals surface area contributed by atoms with Gasteiger partial charge in [-0.1, -0.05) is 17.3 Å². The minimum Gasteiger partial charge on any atom is -0.365 e. The van der Waals surface area contributed by atoms with Gasteiger partial charge in [0.25, 0.3) is 5.89 Å². The van der Waals surface area contributed by atoms with Gasteiger partial charge < -0.3 is 14.2 Å². The number of nitrogens with one attached hydrogen (secondary N) is 1. The minimum absolute atomic E-state index is 0.0257. The zero-order chi connectivity index (χ0) is 22.2. The van der Waals surface area contributed by atoms with Crippen molar-refractivity contribution in [2.24, 2.45) is 0 Å². The molecule has 3 aromatic rings. The van der Waals surface area contributed by atoms with E-state index in [1.807, 2.05) is 13.8 Å². The Hall–Kier alpha value is -3.21. The highest BCUT2D eigenvalue weighted by Crippen LogP contribution is 2.32. The van der Waals surface area contributed by atoms with Gasteiger partial charge in [-0.3, -0.25) is 9.89 Å². The first-order valence-corrected chi connectivity index (χ1v) is 9.63. The largest absolute Gasteiger partial charge is 0.416 e. The van der Waals surface area contributed by atoms with Crippen LogP contribution in [-0.4, -0.2) is 50.8 Å². The third kappa shape index (κ3) is 4.46. The Bertz CT molecular complexity index is 1070. The zero-order valence-corrected chi connectivity index (χ0v) is 16.9. The van der Waals surface area contributed by atoms with Gasteiger partial charge in [0.1, 0.15) is 0 Å². The van der Waals surface area contributed by atoms with Crippen LogP contribution < -0.4 is 0 Å². The van der Waals surface area contributed by atoms with Crippen LogP contribution in [0.25, 0.3) is 11.4 Å². The van der Waals surface area contributed by atoms with Crippen LogP contribution in [0.5, 0.6) is 0 Å². The van der Waals surface area contributed by atoms with Gasteiger partial charge in [0.05, 0.1) is 30.8 Å². The summed E-state index contributed by atoms with van der Waals surface area (Å²) in [6.45, 7) is 4.60. The molecule has 8 nitrogen and oxygen atoms in total. The van der Waals surface area contributed by atoms with E-state index in [2.05, 4.69) is 20.3 Å². The number of aromatic nitrogens is 4. The van der Waals surface area contributed by atoms with Crippen molar-refractivity contribution in [3.05, 3.63) is 52.7 Å². The van der Waals surface area contributed by atoms with Crippen LogP contribution in [-0.2, 0) is 22.1 Å². The lowest BCUT2D eigenvalue weighted by atomic mass is 10.1. The molecule has 0 bridgehead atoms. The summed E-state index contributed by atoms with van der Waals surface area (Å²) in [5.41, 5.74) is 1.86. The van der Waals surface area contributed by atoms with Crippen LogP contribution in [0.2, 0.25) is 0 Å². The number of halogens is 3. The Labute approximate surface area is 175 Å². The second-order valence-electron chi connectivity index (χ2n) is 7.32. The fourth-order valence-electron chi connectivity index (χ4n) is 3.44. The first-order chi connectivity index (χ1) is 14.7. The number of carbonyl (C=O) groups excluding carboxylic acids is 1. The highest BCUT2D eigenvalue weighted by atomic mass is 19.4. The summed E-state index contributed by atoms with van der Waals surface area (Å²) in [6, 6.07) is 4.69. The number of aryl methyl sites for hydroxylation is 2. The van der Waals surface area contributed by atoms with Crippen LogP contribution in [0.15, 0.2) is 28.8 Å². The van der Waals surface area contributed by atoms with Crippen molar-refractivity contribution in [2.45, 2.75) is 32.5 Å². The highest BCUT2D eigenvalue weighted by molar-refractivity contribution is 5.79. The molecular formula is C20H20F3N5O3. The van der Waals surface area contributed by atoms with Crippen LogP contribution in [0, 0.1) is 13.8 Å². The van der Waals surface area contributed by atoms with Gasteiger partial charge in [-0.25, -0.2) is 0 Å². The molecule has 2 aromatic heterocycles. The van der Waals surface area contributed by atoms with Crippen molar-refractivity contribution in [3.8, 4) is 11.4 Å². The van der Waals surface area contributed by atoms with Crippen molar-refractivity contribution in [3.63, 3.8) is 0 Å². The van der Waals surface area contributed by atoms with Gasteiger partial charge in [0, 0.05) is 23.4 Å². The summed E-state index contributed by atoms with van der Waals surface area (Å²) in [4.78, 5) is 18.6. The van der Waals surface area contributed by atoms with E-state index in [1.54, 1.807) is 4.90 Å². The monoisotopic (exact) mass is 435 g/mol. The van der Waals surface area contributed by atoms with Gasteiger partial charge in [0.2, 0.25) is 11.7 Å². The molecule has 1 aromatic carbocycles. The fraction of sp³-hybridized carbons (Fsp3) is 0.400. The van der Waals surface area contributed by atoms with E-state index in [0.717, 1.165) is 29.1 Å². The molecule has 0 unspecified atom stereocenters. The van der Waals surface area contributed by atoms with E-state index < -0.39 is 17.8 Å². The number of alkyl halides is 3. The number of hydrogen-bond donors (Lipinski definition) is 1. The van der Waals surface area contributed by atoms with Crippen LogP contribution >= 0.6 is 0 Å². The maximum absolute atomic E-state index is 13.0. The molecule has 3 heterocycles. The van der Waals surface area contributed by atoms with Crippen LogP contribution in [0.4, 0.5) is 13.2 Å². The average molecular weight is 435 g/mol. The van der Waals surface area contributed by atoms with E-state index in [4.69, 9.17) is 9.26 Å². The Morgan fingerprint density at radius 2 is 2.13 bits per heavy atom. The summed E-state index contributed by atoms with van der Waals surface area (Å²) < 4.78 is 49.8. The number of amides is 1. The smallest absolute Gasteiger partial charge is 0.365 e. The predicted molar refractivity (Wildman–Crippen MR) is 102 cm³/mol. The number of ether oxygens (including phenoxy) is 1. The molecule has 1 saturated heterocycles. The highest BCUT2D eigenvalue weighted by Gasteiger charge is 2.32. The number of nitrogens with zero attached hydrogens (tertiary/aromatic N) is 4. The number of carbonyl (C=O) groups is 1. The maximum Gasteiger partial charge on any atom is 0.416 e. The predicted octanol–water partition coefficient (Wildman–Crippen LogP) is 3.24. The quantitative estimate of drug-likeness (QED) is 0.676. The number of aromatic amines is 1. The molecule has 0 saturated carbocycles. The molecule has 164 valence electrons. The summed E-state index contributed by atoms with van der Waals surface area (Å²) in [5, 5.41) is 10.8. The Balaban J connectivity index is 1.47. The molecular weight excluding hydrogens is 415 g/mol. The molecule has 0 radical (unpaired) electrons. The molecule has 31 heavy (non-hydrogen) atoms. The molecule has 1 aliphatic rings. The first-order valence-electron chi connectivity index (χ1n) is 9.63. The molecule has 1 N–H and O–H groups in total.